The summed E-state index contributed by atoms with van der Waals surface area (Å²) in [6.07, 6.45) is 6.77. The smallest absolute Gasteiger partial charge is 0.260 e. The van der Waals surface area contributed by atoms with Gasteiger partial charge in [0.1, 0.15) is 5.65 Å². The third-order valence-corrected chi connectivity index (χ3v) is 7.61. The van der Waals surface area contributed by atoms with Crippen molar-refractivity contribution in [2.75, 3.05) is 18.4 Å². The van der Waals surface area contributed by atoms with Crippen LogP contribution in [0, 0.1) is 6.92 Å². The molecular weight excluding hydrogens is 520 g/mol. The quantitative estimate of drug-likeness (QED) is 0.248. The number of aromatic nitrogens is 4. The third kappa shape index (κ3) is 5.01. The first-order chi connectivity index (χ1) is 19.5. The van der Waals surface area contributed by atoms with E-state index in [4.69, 9.17) is 16.6 Å². The molecule has 0 aliphatic carbocycles. The maximum absolute atomic E-state index is 13.6. The van der Waals surface area contributed by atoms with Crippen molar-refractivity contribution in [2.24, 2.45) is 0 Å². The zero-order valence-electron chi connectivity index (χ0n) is 22.4. The minimum atomic E-state index is -0.147. The Balaban J connectivity index is 1.32. The van der Waals surface area contributed by atoms with E-state index in [1.54, 1.807) is 17.0 Å². The number of hydrogen-bond acceptors (Lipinski definition) is 6. The fourth-order valence-corrected chi connectivity index (χ4v) is 5.46. The normalized spacial score (nSPS) is 13.3. The molecule has 0 fully saturated rings. The van der Waals surface area contributed by atoms with Gasteiger partial charge in [0.05, 0.1) is 0 Å². The standard InChI is InChI=1S/C32H29ClN6O/c1-3-39-30-24(19-36-32(38-30)37-25-9-6-21(7-10-25)22-12-15-34-16-13-22)17-28(31(39)40)27-11-8-23(18-29(27)33)26-5-4-14-35-20(26)2/h4-12,14,17-19,34H,3,13,15-16H2,1-2H3,(H,36,37,38). The molecule has 0 bridgehead atoms. The number of benzene rings is 2. The highest BCUT2D eigenvalue weighted by atomic mass is 35.5. The van der Waals surface area contributed by atoms with Crippen molar-refractivity contribution in [3.05, 3.63) is 106 Å². The Morgan fingerprint density at radius 3 is 2.55 bits per heavy atom. The van der Waals surface area contributed by atoms with E-state index in [9.17, 15) is 4.79 Å². The summed E-state index contributed by atoms with van der Waals surface area (Å²) in [5.41, 5.74) is 7.96. The molecule has 0 amide bonds. The van der Waals surface area contributed by atoms with Crippen LogP contribution in [0.1, 0.15) is 24.6 Å². The second-order valence-electron chi connectivity index (χ2n) is 9.80. The Morgan fingerprint density at radius 1 is 1.00 bits per heavy atom. The highest BCUT2D eigenvalue weighted by Gasteiger charge is 2.16. The lowest BCUT2D eigenvalue weighted by Gasteiger charge is -2.15. The highest BCUT2D eigenvalue weighted by molar-refractivity contribution is 6.33. The van der Waals surface area contributed by atoms with Crippen LogP contribution in [0.25, 0.3) is 38.9 Å². The average Bonchev–Trinajstić information content (AvgIpc) is 2.98. The molecule has 200 valence electrons. The number of anilines is 2. The maximum atomic E-state index is 13.6. The topological polar surface area (TPSA) is 84.7 Å². The Morgan fingerprint density at radius 2 is 1.82 bits per heavy atom. The van der Waals surface area contributed by atoms with Gasteiger partial charge in [0, 0.05) is 64.0 Å². The second-order valence-corrected chi connectivity index (χ2v) is 10.2. The molecule has 1 aliphatic rings. The molecule has 3 aromatic heterocycles. The summed E-state index contributed by atoms with van der Waals surface area (Å²) >= 11 is 6.74. The summed E-state index contributed by atoms with van der Waals surface area (Å²) < 4.78 is 1.67. The highest BCUT2D eigenvalue weighted by Crippen LogP contribution is 2.33. The van der Waals surface area contributed by atoms with Gasteiger partial charge >= 0.3 is 0 Å². The molecule has 0 saturated heterocycles. The van der Waals surface area contributed by atoms with E-state index in [0.717, 1.165) is 47.4 Å². The zero-order chi connectivity index (χ0) is 27.6. The summed E-state index contributed by atoms with van der Waals surface area (Å²) in [7, 11) is 0. The second kappa shape index (κ2) is 11.0. The van der Waals surface area contributed by atoms with E-state index in [2.05, 4.69) is 38.8 Å². The van der Waals surface area contributed by atoms with Gasteiger partial charge < -0.3 is 10.6 Å². The molecule has 2 aromatic carbocycles. The van der Waals surface area contributed by atoms with E-state index in [1.807, 2.05) is 62.4 Å². The number of fused-ring (bicyclic) bond motifs is 1. The van der Waals surface area contributed by atoms with Crippen molar-refractivity contribution in [1.29, 1.82) is 0 Å². The lowest BCUT2D eigenvalue weighted by atomic mass is 9.99. The Labute approximate surface area is 237 Å². The summed E-state index contributed by atoms with van der Waals surface area (Å²) in [5.74, 6) is 0.435. The molecule has 0 unspecified atom stereocenters. The number of pyridine rings is 2. The Bertz CT molecular complexity index is 1810. The largest absolute Gasteiger partial charge is 0.324 e. The summed E-state index contributed by atoms with van der Waals surface area (Å²) in [4.78, 5) is 27.3. The van der Waals surface area contributed by atoms with Gasteiger partial charge in [-0.1, -0.05) is 48.0 Å². The first kappa shape index (κ1) is 25.9. The van der Waals surface area contributed by atoms with E-state index < -0.39 is 0 Å². The van der Waals surface area contributed by atoms with Crippen molar-refractivity contribution >= 4 is 39.8 Å². The molecule has 8 heteroatoms. The van der Waals surface area contributed by atoms with Gasteiger partial charge in [-0.15, -0.1) is 0 Å². The van der Waals surface area contributed by atoms with Crippen molar-refractivity contribution in [2.45, 2.75) is 26.8 Å². The van der Waals surface area contributed by atoms with Crippen molar-refractivity contribution in [3.8, 4) is 22.3 Å². The molecule has 2 N–H and O–H groups in total. The molecule has 0 spiro atoms. The molecule has 1 aliphatic heterocycles. The van der Waals surface area contributed by atoms with Crippen LogP contribution in [0.5, 0.6) is 0 Å². The van der Waals surface area contributed by atoms with Crippen LogP contribution in [-0.4, -0.2) is 32.6 Å². The molecule has 4 heterocycles. The maximum Gasteiger partial charge on any atom is 0.260 e. The minimum absolute atomic E-state index is 0.147. The van der Waals surface area contributed by atoms with E-state index >= 15 is 0 Å². The SMILES string of the molecule is CCn1c(=O)c(-c2ccc(-c3cccnc3C)cc2Cl)cc2cnc(Nc3ccc(C4=CCNCC4)cc3)nc21. The molecule has 0 radical (unpaired) electrons. The molecule has 6 rings (SSSR count). The van der Waals surface area contributed by atoms with Gasteiger partial charge in [0.15, 0.2) is 0 Å². The van der Waals surface area contributed by atoms with Crippen LogP contribution in [0.4, 0.5) is 11.6 Å². The number of halogens is 1. The first-order valence-electron chi connectivity index (χ1n) is 13.4. The van der Waals surface area contributed by atoms with Gasteiger partial charge in [-0.05, 0) is 73.8 Å². The van der Waals surface area contributed by atoms with E-state index in [-0.39, 0.29) is 5.56 Å². The number of nitrogens with one attached hydrogen (secondary N) is 2. The third-order valence-electron chi connectivity index (χ3n) is 7.30. The van der Waals surface area contributed by atoms with Crippen molar-refractivity contribution in [1.82, 2.24) is 24.8 Å². The molecule has 5 aromatic rings. The van der Waals surface area contributed by atoms with Crippen LogP contribution in [0.3, 0.4) is 0 Å². The molecule has 0 atom stereocenters. The summed E-state index contributed by atoms with van der Waals surface area (Å²) in [6, 6.07) is 19.8. The lowest BCUT2D eigenvalue weighted by molar-refractivity contribution is 0.738. The monoisotopic (exact) mass is 548 g/mol. The summed E-state index contributed by atoms with van der Waals surface area (Å²) in [5, 5.41) is 7.89. The van der Waals surface area contributed by atoms with Crippen LogP contribution in [0.2, 0.25) is 5.02 Å². The first-order valence-corrected chi connectivity index (χ1v) is 13.8. The van der Waals surface area contributed by atoms with Crippen LogP contribution in [-0.2, 0) is 6.54 Å². The van der Waals surface area contributed by atoms with Gasteiger partial charge in [-0.25, -0.2) is 4.98 Å². The van der Waals surface area contributed by atoms with Crippen LogP contribution < -0.4 is 16.2 Å². The lowest BCUT2D eigenvalue weighted by Crippen LogP contribution is -2.22. The zero-order valence-corrected chi connectivity index (χ0v) is 23.2. The number of nitrogens with zero attached hydrogens (tertiary/aromatic N) is 4. The van der Waals surface area contributed by atoms with Gasteiger partial charge in [0.25, 0.3) is 5.56 Å². The molecule has 40 heavy (non-hydrogen) atoms. The Kier molecular flexibility index (Phi) is 7.15. The molecular formula is C32H29ClN6O. The predicted molar refractivity (Wildman–Crippen MR) is 163 cm³/mol. The average molecular weight is 549 g/mol. The molecule has 0 saturated carbocycles. The van der Waals surface area contributed by atoms with Gasteiger partial charge in [0.2, 0.25) is 5.95 Å². The Hall–Kier alpha value is -4.33. The van der Waals surface area contributed by atoms with Crippen molar-refractivity contribution < 1.29 is 0 Å². The van der Waals surface area contributed by atoms with E-state index in [0.29, 0.717) is 34.3 Å². The minimum Gasteiger partial charge on any atom is -0.324 e. The predicted octanol–water partition coefficient (Wildman–Crippen LogP) is 6.62. The summed E-state index contributed by atoms with van der Waals surface area (Å²) in [6.45, 7) is 6.27. The van der Waals surface area contributed by atoms with E-state index in [1.165, 1.54) is 11.1 Å². The van der Waals surface area contributed by atoms with Crippen LogP contribution >= 0.6 is 11.6 Å². The molecule has 7 nitrogen and oxygen atoms in total. The number of hydrogen-bond donors (Lipinski definition) is 2. The van der Waals surface area contributed by atoms with Gasteiger partial charge in [-0.3, -0.25) is 14.3 Å². The number of aryl methyl sites for hydroxylation is 2. The fourth-order valence-electron chi connectivity index (χ4n) is 5.18. The van der Waals surface area contributed by atoms with Gasteiger partial charge in [-0.2, -0.15) is 4.98 Å². The van der Waals surface area contributed by atoms with Crippen molar-refractivity contribution in [3.63, 3.8) is 0 Å². The fraction of sp³-hybridized carbons (Fsp3) is 0.188. The van der Waals surface area contributed by atoms with Crippen LogP contribution in [0.15, 0.2) is 83.9 Å². The number of rotatable bonds is 6.